The van der Waals surface area contributed by atoms with Crippen LogP contribution in [0.4, 0.5) is 5.82 Å². The molecule has 1 amide bonds. The van der Waals surface area contributed by atoms with Crippen LogP contribution in [0.15, 0.2) is 12.1 Å². The lowest BCUT2D eigenvalue weighted by molar-refractivity contribution is 0.0600. The zero-order valence-electron chi connectivity index (χ0n) is 13.5. The summed E-state index contributed by atoms with van der Waals surface area (Å²) in [6.07, 6.45) is 5.74. The Hall–Kier alpha value is -1.58. The molecule has 0 aromatic carbocycles. The van der Waals surface area contributed by atoms with Gasteiger partial charge in [-0.1, -0.05) is 13.3 Å². The molecule has 1 saturated heterocycles. The first-order valence-corrected chi connectivity index (χ1v) is 8.19. The van der Waals surface area contributed by atoms with E-state index in [-0.39, 0.29) is 5.91 Å². The van der Waals surface area contributed by atoms with Gasteiger partial charge in [0.2, 0.25) is 0 Å². The largest absolute Gasteiger partial charge is 0.370 e. The van der Waals surface area contributed by atoms with Gasteiger partial charge in [-0.25, -0.2) is 4.98 Å². The molecule has 4 heteroatoms. The summed E-state index contributed by atoms with van der Waals surface area (Å²) in [7, 11) is 0. The molecule has 116 valence electrons. The first kappa shape index (κ1) is 15.8. The molecule has 0 bridgehead atoms. The third-order valence-electron chi connectivity index (χ3n) is 4.07. The SMILES string of the molecule is CCCC1CCCCN1C(=O)c1cc(C)nc(NCC)c1. The van der Waals surface area contributed by atoms with E-state index in [0.717, 1.165) is 55.8 Å². The van der Waals surface area contributed by atoms with Gasteiger partial charge in [0.1, 0.15) is 5.82 Å². The maximum Gasteiger partial charge on any atom is 0.254 e. The molecule has 1 aliphatic rings. The van der Waals surface area contributed by atoms with Gasteiger partial charge in [-0.15, -0.1) is 0 Å². The number of pyridine rings is 1. The number of carbonyl (C=O) groups is 1. The number of likely N-dealkylation sites (tertiary alicyclic amines) is 1. The highest BCUT2D eigenvalue weighted by molar-refractivity contribution is 5.95. The number of aryl methyl sites for hydroxylation is 1. The van der Waals surface area contributed by atoms with E-state index in [1.807, 2.05) is 26.0 Å². The molecule has 0 aliphatic carbocycles. The molecule has 1 aromatic rings. The van der Waals surface area contributed by atoms with Crippen LogP contribution in [0.1, 0.15) is 62.0 Å². The number of hydrogen-bond donors (Lipinski definition) is 1. The molecule has 0 saturated carbocycles. The second-order valence-corrected chi connectivity index (χ2v) is 5.85. The number of rotatable bonds is 5. The predicted molar refractivity (Wildman–Crippen MR) is 86.7 cm³/mol. The molecule has 21 heavy (non-hydrogen) atoms. The van der Waals surface area contributed by atoms with Gasteiger partial charge in [0.05, 0.1) is 0 Å². The number of carbonyl (C=O) groups excluding carboxylic acids is 1. The van der Waals surface area contributed by atoms with Crippen LogP contribution in [0.25, 0.3) is 0 Å². The van der Waals surface area contributed by atoms with E-state index in [0.29, 0.717) is 6.04 Å². The number of amides is 1. The molecular formula is C17H27N3O. The maximum absolute atomic E-state index is 12.9. The lowest BCUT2D eigenvalue weighted by atomic mass is 9.97. The molecule has 2 heterocycles. The fourth-order valence-corrected chi connectivity index (χ4v) is 3.13. The average Bonchev–Trinajstić information content (AvgIpc) is 2.47. The Kier molecular flexibility index (Phi) is 5.59. The van der Waals surface area contributed by atoms with Gasteiger partial charge in [0.15, 0.2) is 0 Å². The van der Waals surface area contributed by atoms with Crippen LogP contribution in [-0.4, -0.2) is 34.9 Å². The molecule has 1 unspecified atom stereocenters. The van der Waals surface area contributed by atoms with Crippen LogP contribution in [-0.2, 0) is 0 Å². The minimum absolute atomic E-state index is 0.165. The Morgan fingerprint density at radius 3 is 2.90 bits per heavy atom. The predicted octanol–water partition coefficient (Wildman–Crippen LogP) is 3.62. The molecule has 1 fully saturated rings. The van der Waals surface area contributed by atoms with Crippen LogP contribution in [0, 0.1) is 6.92 Å². The molecule has 2 rings (SSSR count). The van der Waals surface area contributed by atoms with Crippen LogP contribution < -0.4 is 5.32 Å². The fraction of sp³-hybridized carbons (Fsp3) is 0.647. The van der Waals surface area contributed by atoms with E-state index >= 15 is 0 Å². The molecular weight excluding hydrogens is 262 g/mol. The summed E-state index contributed by atoms with van der Waals surface area (Å²) in [5.74, 6) is 0.961. The van der Waals surface area contributed by atoms with Crippen molar-refractivity contribution in [3.05, 3.63) is 23.4 Å². The van der Waals surface area contributed by atoms with Gasteiger partial charge in [0, 0.05) is 30.4 Å². The summed E-state index contributed by atoms with van der Waals surface area (Å²) >= 11 is 0. The molecule has 0 radical (unpaired) electrons. The Bertz CT molecular complexity index is 485. The minimum atomic E-state index is 0.165. The fourth-order valence-electron chi connectivity index (χ4n) is 3.13. The Morgan fingerprint density at radius 1 is 1.38 bits per heavy atom. The number of nitrogens with one attached hydrogen (secondary N) is 1. The van der Waals surface area contributed by atoms with Crippen molar-refractivity contribution in [2.75, 3.05) is 18.4 Å². The first-order chi connectivity index (χ1) is 10.2. The summed E-state index contributed by atoms with van der Waals surface area (Å²) in [5, 5.41) is 3.20. The average molecular weight is 289 g/mol. The maximum atomic E-state index is 12.9. The molecule has 0 spiro atoms. The Labute approximate surface area is 127 Å². The van der Waals surface area contributed by atoms with E-state index in [2.05, 4.69) is 22.1 Å². The minimum Gasteiger partial charge on any atom is -0.370 e. The van der Waals surface area contributed by atoms with Gasteiger partial charge in [-0.3, -0.25) is 4.79 Å². The van der Waals surface area contributed by atoms with Crippen molar-refractivity contribution in [3.63, 3.8) is 0 Å². The zero-order chi connectivity index (χ0) is 15.2. The van der Waals surface area contributed by atoms with Gasteiger partial charge in [-0.2, -0.15) is 0 Å². The van der Waals surface area contributed by atoms with E-state index in [4.69, 9.17) is 0 Å². The highest BCUT2D eigenvalue weighted by Crippen LogP contribution is 2.23. The van der Waals surface area contributed by atoms with Crippen molar-refractivity contribution in [3.8, 4) is 0 Å². The summed E-state index contributed by atoms with van der Waals surface area (Å²) in [4.78, 5) is 19.4. The van der Waals surface area contributed by atoms with Crippen molar-refractivity contribution in [2.45, 2.75) is 58.9 Å². The molecule has 1 aliphatic heterocycles. The second-order valence-electron chi connectivity index (χ2n) is 5.85. The van der Waals surface area contributed by atoms with Crippen molar-refractivity contribution in [1.29, 1.82) is 0 Å². The Balaban J connectivity index is 2.21. The highest BCUT2D eigenvalue weighted by atomic mass is 16.2. The van der Waals surface area contributed by atoms with Crippen LogP contribution in [0.3, 0.4) is 0 Å². The molecule has 1 atom stereocenters. The van der Waals surface area contributed by atoms with E-state index in [1.54, 1.807) is 0 Å². The number of aromatic nitrogens is 1. The van der Waals surface area contributed by atoms with Gasteiger partial charge >= 0.3 is 0 Å². The molecule has 1 aromatic heterocycles. The lowest BCUT2D eigenvalue weighted by Crippen LogP contribution is -2.43. The molecule has 1 N–H and O–H groups in total. The topological polar surface area (TPSA) is 45.2 Å². The third kappa shape index (κ3) is 3.96. The van der Waals surface area contributed by atoms with Gasteiger partial charge in [0.25, 0.3) is 5.91 Å². The summed E-state index contributed by atoms with van der Waals surface area (Å²) in [5.41, 5.74) is 1.65. The quantitative estimate of drug-likeness (QED) is 0.900. The van der Waals surface area contributed by atoms with E-state index < -0.39 is 0 Å². The molecule has 4 nitrogen and oxygen atoms in total. The van der Waals surface area contributed by atoms with Gasteiger partial charge < -0.3 is 10.2 Å². The number of nitrogens with zero attached hydrogens (tertiary/aromatic N) is 2. The smallest absolute Gasteiger partial charge is 0.254 e. The van der Waals surface area contributed by atoms with Crippen molar-refractivity contribution in [1.82, 2.24) is 9.88 Å². The third-order valence-corrected chi connectivity index (χ3v) is 4.07. The van der Waals surface area contributed by atoms with Crippen molar-refractivity contribution < 1.29 is 4.79 Å². The lowest BCUT2D eigenvalue weighted by Gasteiger charge is -2.36. The van der Waals surface area contributed by atoms with Crippen molar-refractivity contribution >= 4 is 11.7 Å². The van der Waals surface area contributed by atoms with Crippen LogP contribution >= 0.6 is 0 Å². The number of hydrogen-bond acceptors (Lipinski definition) is 3. The Morgan fingerprint density at radius 2 is 2.19 bits per heavy atom. The van der Waals surface area contributed by atoms with E-state index in [9.17, 15) is 4.79 Å². The van der Waals surface area contributed by atoms with E-state index in [1.165, 1.54) is 6.42 Å². The summed E-state index contributed by atoms with van der Waals surface area (Å²) in [6, 6.07) is 4.20. The monoisotopic (exact) mass is 289 g/mol. The normalized spacial score (nSPS) is 18.6. The first-order valence-electron chi connectivity index (χ1n) is 8.19. The second kappa shape index (κ2) is 7.43. The summed E-state index contributed by atoms with van der Waals surface area (Å²) < 4.78 is 0. The summed E-state index contributed by atoms with van der Waals surface area (Å²) in [6.45, 7) is 7.87. The van der Waals surface area contributed by atoms with Gasteiger partial charge in [-0.05, 0) is 51.7 Å². The standard InChI is InChI=1S/C17H27N3O/c1-4-8-15-9-6-7-10-20(15)17(21)14-11-13(3)19-16(12-14)18-5-2/h11-12,15H,4-10H2,1-3H3,(H,18,19). The highest BCUT2D eigenvalue weighted by Gasteiger charge is 2.27. The van der Waals surface area contributed by atoms with Crippen LogP contribution in [0.2, 0.25) is 0 Å². The van der Waals surface area contributed by atoms with Crippen molar-refractivity contribution in [2.24, 2.45) is 0 Å². The number of anilines is 1. The number of piperidine rings is 1. The zero-order valence-corrected chi connectivity index (χ0v) is 13.5. The van der Waals surface area contributed by atoms with Crippen LogP contribution in [0.5, 0.6) is 0 Å².